The number of ether oxygens (including phenoxy) is 2. The predicted octanol–water partition coefficient (Wildman–Crippen LogP) is 7.55. The number of allylic oxidation sites excluding steroid dienone is 5. The smallest absolute Gasteiger partial charge is 0.305 e. The SMILES string of the molecule is COc1ccc(-c2cn(-c3cc(C)cc(Cl)c3)nc2OC2=CCC=C(C(NCCC(=O)O)=C3CCCC3)C=C2)cc1. The van der Waals surface area contributed by atoms with Crippen molar-refractivity contribution in [1.29, 1.82) is 0 Å². The second-order valence-electron chi connectivity index (χ2n) is 10.2. The Hall–Kier alpha value is -4.23. The van der Waals surface area contributed by atoms with E-state index in [4.69, 9.17) is 31.3 Å². The molecular weight excluding hydrogens is 538 g/mol. The molecule has 0 amide bonds. The van der Waals surface area contributed by atoms with E-state index in [9.17, 15) is 4.79 Å². The summed E-state index contributed by atoms with van der Waals surface area (Å²) in [5, 5.41) is 18.0. The fraction of sp³-hybridized carbons (Fsp3) is 0.273. The number of benzene rings is 2. The highest BCUT2D eigenvalue weighted by atomic mass is 35.5. The molecule has 1 heterocycles. The number of nitrogens with one attached hydrogen (secondary N) is 1. The van der Waals surface area contributed by atoms with Crippen molar-refractivity contribution in [3.05, 3.63) is 106 Å². The van der Waals surface area contributed by atoms with Gasteiger partial charge in [0.25, 0.3) is 0 Å². The lowest BCUT2D eigenvalue weighted by molar-refractivity contribution is -0.136. The van der Waals surface area contributed by atoms with Crippen molar-refractivity contribution in [2.24, 2.45) is 0 Å². The summed E-state index contributed by atoms with van der Waals surface area (Å²) in [6, 6.07) is 13.6. The summed E-state index contributed by atoms with van der Waals surface area (Å²) >= 11 is 6.36. The summed E-state index contributed by atoms with van der Waals surface area (Å²) in [6.07, 6.45) is 15.2. The number of methoxy groups -OCH3 is 1. The Morgan fingerprint density at radius 2 is 1.88 bits per heavy atom. The maximum Gasteiger partial charge on any atom is 0.305 e. The summed E-state index contributed by atoms with van der Waals surface area (Å²) in [5.74, 6) is 1.11. The number of aryl methyl sites for hydroxylation is 1. The fourth-order valence-electron chi connectivity index (χ4n) is 5.14. The summed E-state index contributed by atoms with van der Waals surface area (Å²) < 4.78 is 13.6. The second kappa shape index (κ2) is 13.0. The number of aliphatic carboxylic acids is 1. The Bertz CT molecular complexity index is 1520. The van der Waals surface area contributed by atoms with Gasteiger partial charge in [0.05, 0.1) is 24.8 Å². The van der Waals surface area contributed by atoms with Crippen LogP contribution in [0.15, 0.2) is 95.6 Å². The van der Waals surface area contributed by atoms with Crippen LogP contribution >= 0.6 is 11.6 Å². The number of nitrogens with zero attached hydrogens (tertiary/aromatic N) is 2. The molecule has 2 aromatic carbocycles. The molecule has 0 unspecified atom stereocenters. The molecule has 212 valence electrons. The number of carboxylic acid groups (broad SMARTS) is 1. The van der Waals surface area contributed by atoms with Gasteiger partial charge in [0.15, 0.2) is 0 Å². The summed E-state index contributed by atoms with van der Waals surface area (Å²) in [7, 11) is 1.64. The van der Waals surface area contributed by atoms with Crippen LogP contribution in [0.3, 0.4) is 0 Å². The number of halogens is 1. The van der Waals surface area contributed by atoms with Crippen LogP contribution in [0.2, 0.25) is 5.02 Å². The van der Waals surface area contributed by atoms with Crippen LogP contribution in [0.1, 0.15) is 44.1 Å². The summed E-state index contributed by atoms with van der Waals surface area (Å²) in [6.45, 7) is 2.39. The Kier molecular flexibility index (Phi) is 8.95. The maximum absolute atomic E-state index is 11.1. The van der Waals surface area contributed by atoms with Crippen molar-refractivity contribution in [3.8, 4) is 28.4 Å². The zero-order valence-corrected chi connectivity index (χ0v) is 24.1. The average molecular weight is 572 g/mol. The standard InChI is InChI=1S/C33H34ClN3O4/c1-22-18-26(34)20-27(19-22)37-21-30(23-10-13-28(40-2)14-11-23)33(36-37)41-29-9-5-8-25(12-15-29)32(24-6-3-4-7-24)35-17-16-31(38)39/h8-15,18-21,35H,3-7,16-17H2,1-2H3,(H,38,39). The Morgan fingerprint density at radius 1 is 1.10 bits per heavy atom. The second-order valence-corrected chi connectivity index (χ2v) is 10.6. The first-order valence-electron chi connectivity index (χ1n) is 13.9. The van der Waals surface area contributed by atoms with Crippen molar-refractivity contribution >= 4 is 17.6 Å². The zero-order chi connectivity index (χ0) is 28.8. The highest BCUT2D eigenvalue weighted by Crippen LogP contribution is 2.34. The normalized spacial score (nSPS) is 14.8. The molecule has 0 bridgehead atoms. The number of hydrogen-bond acceptors (Lipinski definition) is 5. The lowest BCUT2D eigenvalue weighted by Gasteiger charge is -2.15. The van der Waals surface area contributed by atoms with Crippen molar-refractivity contribution in [1.82, 2.24) is 15.1 Å². The minimum Gasteiger partial charge on any atom is -0.497 e. The van der Waals surface area contributed by atoms with Crippen LogP contribution in [0.25, 0.3) is 16.8 Å². The fourth-order valence-corrected chi connectivity index (χ4v) is 5.43. The molecule has 8 heteroatoms. The van der Waals surface area contributed by atoms with Gasteiger partial charge in [-0.15, -0.1) is 5.10 Å². The molecule has 41 heavy (non-hydrogen) atoms. The third-order valence-corrected chi connectivity index (χ3v) is 7.38. The van der Waals surface area contributed by atoms with Gasteiger partial charge in [-0.05, 0) is 110 Å². The van der Waals surface area contributed by atoms with Crippen molar-refractivity contribution in [2.75, 3.05) is 13.7 Å². The predicted molar refractivity (Wildman–Crippen MR) is 162 cm³/mol. The van der Waals surface area contributed by atoms with E-state index in [1.165, 1.54) is 5.57 Å². The molecule has 2 N–H and O–H groups in total. The number of hydrogen-bond donors (Lipinski definition) is 2. The minimum atomic E-state index is -0.809. The quantitative estimate of drug-likeness (QED) is 0.261. The number of aromatic nitrogens is 2. The van der Waals surface area contributed by atoms with Crippen molar-refractivity contribution < 1.29 is 19.4 Å². The molecule has 0 radical (unpaired) electrons. The molecule has 0 aliphatic heterocycles. The van der Waals surface area contributed by atoms with Crippen LogP contribution in [-0.2, 0) is 4.79 Å². The summed E-state index contributed by atoms with van der Waals surface area (Å²) in [5.41, 5.74) is 7.11. The van der Waals surface area contributed by atoms with Crippen LogP contribution in [0, 0.1) is 6.92 Å². The van der Waals surface area contributed by atoms with Gasteiger partial charge in [0.2, 0.25) is 5.88 Å². The highest BCUT2D eigenvalue weighted by Gasteiger charge is 2.18. The van der Waals surface area contributed by atoms with E-state index in [-0.39, 0.29) is 6.42 Å². The van der Waals surface area contributed by atoms with Gasteiger partial charge in [0.1, 0.15) is 11.5 Å². The third kappa shape index (κ3) is 7.11. The van der Waals surface area contributed by atoms with Crippen LogP contribution < -0.4 is 14.8 Å². The third-order valence-electron chi connectivity index (χ3n) is 7.16. The van der Waals surface area contributed by atoms with Gasteiger partial charge in [-0.2, -0.15) is 0 Å². The number of rotatable bonds is 10. The zero-order valence-electron chi connectivity index (χ0n) is 23.3. The first kappa shape index (κ1) is 28.3. The van der Waals surface area contributed by atoms with E-state index in [0.29, 0.717) is 29.6 Å². The summed E-state index contributed by atoms with van der Waals surface area (Å²) in [4.78, 5) is 11.1. The number of carboxylic acids is 1. The Morgan fingerprint density at radius 3 is 2.59 bits per heavy atom. The molecule has 0 atom stereocenters. The van der Waals surface area contributed by atoms with E-state index in [2.05, 4.69) is 11.4 Å². The first-order valence-corrected chi connectivity index (χ1v) is 14.2. The van der Waals surface area contributed by atoms with Gasteiger partial charge in [-0.25, -0.2) is 4.68 Å². The molecule has 0 spiro atoms. The minimum absolute atomic E-state index is 0.0728. The first-order chi connectivity index (χ1) is 19.9. The van der Waals surface area contributed by atoms with E-state index in [1.54, 1.807) is 11.8 Å². The molecule has 1 saturated carbocycles. The van der Waals surface area contributed by atoms with Gasteiger partial charge in [0, 0.05) is 23.5 Å². The molecule has 1 aromatic heterocycles. The lowest BCUT2D eigenvalue weighted by atomic mass is 10.0. The van der Waals surface area contributed by atoms with Gasteiger partial charge in [-0.1, -0.05) is 29.8 Å². The van der Waals surface area contributed by atoms with Crippen molar-refractivity contribution in [2.45, 2.75) is 45.4 Å². The molecule has 2 aliphatic rings. The Labute approximate surface area is 245 Å². The van der Waals surface area contributed by atoms with Gasteiger partial charge >= 0.3 is 5.97 Å². The molecule has 2 aliphatic carbocycles. The molecular formula is C33H34ClN3O4. The lowest BCUT2D eigenvalue weighted by Crippen LogP contribution is -2.20. The van der Waals surface area contributed by atoms with Gasteiger partial charge < -0.3 is 19.9 Å². The van der Waals surface area contributed by atoms with Crippen LogP contribution in [0.5, 0.6) is 11.6 Å². The number of carbonyl (C=O) groups is 1. The topological polar surface area (TPSA) is 85.6 Å². The van der Waals surface area contributed by atoms with E-state index < -0.39 is 5.97 Å². The molecule has 1 fully saturated rings. The van der Waals surface area contributed by atoms with E-state index >= 15 is 0 Å². The molecule has 3 aromatic rings. The Balaban J connectivity index is 1.43. The van der Waals surface area contributed by atoms with E-state index in [1.807, 2.05) is 73.8 Å². The monoisotopic (exact) mass is 571 g/mol. The van der Waals surface area contributed by atoms with Crippen molar-refractivity contribution in [3.63, 3.8) is 0 Å². The molecule has 5 rings (SSSR count). The highest BCUT2D eigenvalue weighted by molar-refractivity contribution is 6.30. The van der Waals surface area contributed by atoms with Gasteiger partial charge in [-0.3, -0.25) is 4.79 Å². The molecule has 0 saturated heterocycles. The average Bonchev–Trinajstić information content (AvgIpc) is 3.57. The van der Waals surface area contributed by atoms with Crippen LogP contribution in [0.4, 0.5) is 0 Å². The maximum atomic E-state index is 11.1. The van der Waals surface area contributed by atoms with E-state index in [0.717, 1.165) is 65.1 Å². The largest absolute Gasteiger partial charge is 0.497 e. The molecule has 7 nitrogen and oxygen atoms in total. The van der Waals surface area contributed by atoms with Crippen LogP contribution in [-0.4, -0.2) is 34.5 Å².